The summed E-state index contributed by atoms with van der Waals surface area (Å²) in [5.74, 6) is 1.52. The monoisotopic (exact) mass is 325 g/mol. The minimum Gasteiger partial charge on any atom is -0.347 e. The summed E-state index contributed by atoms with van der Waals surface area (Å²) in [5, 5.41) is 7.45. The third-order valence-corrected chi connectivity index (χ3v) is 5.31. The molecular weight excluding hydrogens is 302 g/mol. The van der Waals surface area contributed by atoms with E-state index in [2.05, 4.69) is 27.5 Å². The fraction of sp³-hybridized carbons (Fsp3) is 0.500. The third kappa shape index (κ3) is 2.60. The molecule has 126 valence electrons. The van der Waals surface area contributed by atoms with Gasteiger partial charge in [-0.1, -0.05) is 30.3 Å². The van der Waals surface area contributed by atoms with Crippen molar-refractivity contribution in [3.8, 4) is 0 Å². The highest BCUT2D eigenvalue weighted by Crippen LogP contribution is 2.43. The van der Waals surface area contributed by atoms with Crippen LogP contribution < -0.4 is 11.1 Å². The van der Waals surface area contributed by atoms with Gasteiger partial charge in [-0.2, -0.15) is 5.10 Å². The molecule has 2 aromatic rings. The van der Waals surface area contributed by atoms with Crippen molar-refractivity contribution < 1.29 is 4.79 Å². The molecule has 0 aliphatic heterocycles. The van der Waals surface area contributed by atoms with Crippen LogP contribution in [-0.2, 0) is 12.5 Å². The van der Waals surface area contributed by atoms with Gasteiger partial charge in [0.1, 0.15) is 0 Å². The number of nitrogens with zero attached hydrogens (tertiary/aromatic N) is 3. The predicted octanol–water partition coefficient (Wildman–Crippen LogP) is 1.48. The molecule has 0 radical (unpaired) electrons. The average molecular weight is 325 g/mol. The van der Waals surface area contributed by atoms with E-state index < -0.39 is 0 Å². The Labute approximate surface area is 141 Å². The van der Waals surface area contributed by atoms with Gasteiger partial charge in [0.15, 0.2) is 5.82 Å². The van der Waals surface area contributed by atoms with Gasteiger partial charge in [-0.05, 0) is 31.2 Å². The fourth-order valence-corrected chi connectivity index (χ4v) is 3.66. The van der Waals surface area contributed by atoms with Crippen LogP contribution in [0.1, 0.15) is 53.6 Å². The quantitative estimate of drug-likeness (QED) is 0.872. The first-order valence-corrected chi connectivity index (χ1v) is 8.59. The SMILES string of the molecule is Cn1nc(C2CC2)nc1C(=O)NC1CC(CN)(c2ccccc2)C1. The lowest BCUT2D eigenvalue weighted by Gasteiger charge is -2.47. The first-order valence-electron chi connectivity index (χ1n) is 8.59. The number of nitrogens with one attached hydrogen (secondary N) is 1. The van der Waals surface area contributed by atoms with Crippen LogP contribution in [0, 0.1) is 0 Å². The number of nitrogens with two attached hydrogens (primary N) is 1. The van der Waals surface area contributed by atoms with Gasteiger partial charge in [0.2, 0.25) is 5.82 Å². The zero-order chi connectivity index (χ0) is 16.7. The molecule has 4 rings (SSSR count). The second kappa shape index (κ2) is 5.70. The zero-order valence-corrected chi connectivity index (χ0v) is 13.9. The Morgan fingerprint density at radius 2 is 2.04 bits per heavy atom. The standard InChI is InChI=1S/C18H23N5O/c1-23-16(21-15(22-23)12-7-8-12)17(24)20-14-9-18(10-14,11-19)13-5-3-2-4-6-13/h2-6,12,14H,7-11,19H2,1H3,(H,20,24). The van der Waals surface area contributed by atoms with E-state index in [1.54, 1.807) is 11.7 Å². The van der Waals surface area contributed by atoms with E-state index in [-0.39, 0.29) is 17.4 Å². The topological polar surface area (TPSA) is 85.8 Å². The number of carbonyl (C=O) groups is 1. The van der Waals surface area contributed by atoms with Crippen molar-refractivity contribution in [3.05, 3.63) is 47.5 Å². The number of carbonyl (C=O) groups excluding carboxylic acids is 1. The van der Waals surface area contributed by atoms with Gasteiger partial charge in [-0.25, -0.2) is 9.67 Å². The molecule has 1 aromatic heterocycles. The molecule has 2 aliphatic carbocycles. The molecule has 6 heteroatoms. The van der Waals surface area contributed by atoms with E-state index in [0.717, 1.165) is 31.5 Å². The normalized spacial score (nSPS) is 26.0. The fourth-order valence-electron chi connectivity index (χ4n) is 3.66. The lowest BCUT2D eigenvalue weighted by Crippen LogP contribution is -2.56. The highest BCUT2D eigenvalue weighted by atomic mass is 16.2. The molecule has 0 unspecified atom stereocenters. The summed E-state index contributed by atoms with van der Waals surface area (Å²) in [7, 11) is 1.78. The molecule has 6 nitrogen and oxygen atoms in total. The molecule has 1 amide bonds. The smallest absolute Gasteiger partial charge is 0.289 e. The van der Waals surface area contributed by atoms with Crippen LogP contribution >= 0.6 is 0 Å². The molecule has 2 fully saturated rings. The van der Waals surface area contributed by atoms with Gasteiger partial charge in [-0.3, -0.25) is 4.79 Å². The summed E-state index contributed by atoms with van der Waals surface area (Å²) in [6.45, 7) is 0.596. The first kappa shape index (κ1) is 15.3. The minimum absolute atomic E-state index is 0.0156. The maximum absolute atomic E-state index is 12.5. The predicted molar refractivity (Wildman–Crippen MR) is 90.6 cm³/mol. The van der Waals surface area contributed by atoms with Gasteiger partial charge in [0.25, 0.3) is 5.91 Å². The Bertz CT molecular complexity index is 744. The van der Waals surface area contributed by atoms with Crippen LogP contribution in [0.15, 0.2) is 30.3 Å². The van der Waals surface area contributed by atoms with E-state index >= 15 is 0 Å². The van der Waals surface area contributed by atoms with Gasteiger partial charge in [0.05, 0.1) is 0 Å². The van der Waals surface area contributed by atoms with Crippen LogP contribution in [0.2, 0.25) is 0 Å². The first-order chi connectivity index (χ1) is 11.6. The minimum atomic E-state index is -0.138. The second-order valence-corrected chi connectivity index (χ2v) is 7.12. The van der Waals surface area contributed by atoms with Crippen molar-refractivity contribution in [2.75, 3.05) is 6.54 Å². The van der Waals surface area contributed by atoms with Crippen LogP contribution in [0.5, 0.6) is 0 Å². The number of benzene rings is 1. The van der Waals surface area contributed by atoms with E-state index in [1.807, 2.05) is 18.2 Å². The van der Waals surface area contributed by atoms with Crippen molar-refractivity contribution in [2.45, 2.75) is 43.1 Å². The zero-order valence-electron chi connectivity index (χ0n) is 13.9. The second-order valence-electron chi connectivity index (χ2n) is 7.12. The van der Waals surface area contributed by atoms with Crippen molar-refractivity contribution in [2.24, 2.45) is 12.8 Å². The highest BCUT2D eigenvalue weighted by Gasteiger charge is 2.45. The Morgan fingerprint density at radius 1 is 1.33 bits per heavy atom. The Morgan fingerprint density at radius 3 is 2.67 bits per heavy atom. The lowest BCUT2D eigenvalue weighted by molar-refractivity contribution is 0.0852. The molecule has 2 saturated carbocycles. The number of rotatable bonds is 5. The molecule has 0 spiro atoms. The van der Waals surface area contributed by atoms with E-state index in [0.29, 0.717) is 18.3 Å². The molecule has 0 atom stereocenters. The Balaban J connectivity index is 1.41. The van der Waals surface area contributed by atoms with Gasteiger partial charge in [-0.15, -0.1) is 0 Å². The summed E-state index contributed by atoms with van der Waals surface area (Å²) in [4.78, 5) is 16.9. The van der Waals surface area contributed by atoms with Gasteiger partial charge < -0.3 is 11.1 Å². The number of hydrogen-bond acceptors (Lipinski definition) is 4. The molecule has 0 saturated heterocycles. The molecule has 1 heterocycles. The van der Waals surface area contributed by atoms with E-state index in [4.69, 9.17) is 5.73 Å². The lowest BCUT2D eigenvalue weighted by atomic mass is 9.61. The highest BCUT2D eigenvalue weighted by molar-refractivity contribution is 5.91. The summed E-state index contributed by atoms with van der Waals surface area (Å²) in [6.07, 6.45) is 3.99. The Hall–Kier alpha value is -2.21. The average Bonchev–Trinajstić information content (AvgIpc) is 3.34. The number of aromatic nitrogens is 3. The Kier molecular flexibility index (Phi) is 3.64. The maximum atomic E-state index is 12.5. The van der Waals surface area contributed by atoms with Crippen molar-refractivity contribution in [1.29, 1.82) is 0 Å². The number of amides is 1. The van der Waals surface area contributed by atoms with E-state index in [9.17, 15) is 4.79 Å². The van der Waals surface area contributed by atoms with E-state index in [1.165, 1.54) is 5.56 Å². The maximum Gasteiger partial charge on any atom is 0.289 e. The van der Waals surface area contributed by atoms with Crippen molar-refractivity contribution in [3.63, 3.8) is 0 Å². The molecule has 1 aromatic carbocycles. The van der Waals surface area contributed by atoms with Crippen LogP contribution in [0.4, 0.5) is 0 Å². The van der Waals surface area contributed by atoms with Gasteiger partial charge >= 0.3 is 0 Å². The summed E-state index contributed by atoms with van der Waals surface area (Å²) >= 11 is 0. The van der Waals surface area contributed by atoms with Gasteiger partial charge in [0, 0.05) is 31.0 Å². The molecule has 24 heavy (non-hydrogen) atoms. The van der Waals surface area contributed by atoms with Crippen LogP contribution in [0.3, 0.4) is 0 Å². The van der Waals surface area contributed by atoms with Crippen molar-refractivity contribution in [1.82, 2.24) is 20.1 Å². The van der Waals surface area contributed by atoms with Crippen LogP contribution in [0.25, 0.3) is 0 Å². The third-order valence-electron chi connectivity index (χ3n) is 5.31. The molecule has 0 bridgehead atoms. The largest absolute Gasteiger partial charge is 0.347 e. The van der Waals surface area contributed by atoms with Crippen molar-refractivity contribution >= 4 is 5.91 Å². The number of hydrogen-bond donors (Lipinski definition) is 2. The number of aryl methyl sites for hydroxylation is 1. The summed E-state index contributed by atoms with van der Waals surface area (Å²) in [6, 6.07) is 10.5. The molecular formula is C18H23N5O. The molecule has 2 aliphatic rings. The van der Waals surface area contributed by atoms with Crippen LogP contribution in [-0.4, -0.2) is 33.3 Å². The summed E-state index contributed by atoms with van der Waals surface area (Å²) < 4.78 is 1.59. The molecule has 3 N–H and O–H groups in total. The summed E-state index contributed by atoms with van der Waals surface area (Å²) in [5.41, 5.74) is 7.27.